The van der Waals surface area contributed by atoms with Crippen LogP contribution in [0.3, 0.4) is 0 Å². The summed E-state index contributed by atoms with van der Waals surface area (Å²) in [4.78, 5) is 13.8. The second-order valence-corrected chi connectivity index (χ2v) is 20.3. The largest absolute Gasteiger partial charge is 0.458 e. The zero-order valence-electron chi connectivity index (χ0n) is 34.9. The molecule has 0 spiro atoms. The van der Waals surface area contributed by atoms with Crippen molar-refractivity contribution in [2.45, 2.75) is 67.5 Å². The van der Waals surface area contributed by atoms with Crippen LogP contribution in [0, 0.1) is 51.5 Å². The van der Waals surface area contributed by atoms with E-state index in [9.17, 15) is 4.39 Å². The summed E-state index contributed by atoms with van der Waals surface area (Å²) in [7, 11) is -1.56. The zero-order valence-corrected chi connectivity index (χ0v) is 35.2. The summed E-state index contributed by atoms with van der Waals surface area (Å²) in [5.41, 5.74) is 11.1. The number of nitrogens with zero attached hydrogens (tertiary/aromatic N) is 4. The van der Waals surface area contributed by atoms with Gasteiger partial charge in [-0.3, -0.25) is 9.37 Å². The minimum absolute atomic E-state index is 0. The number of hydrogen-bond acceptors (Lipinski definition) is 4. The molecule has 0 saturated heterocycles. The van der Waals surface area contributed by atoms with Gasteiger partial charge in [0.25, 0.3) is 0 Å². The summed E-state index contributed by atoms with van der Waals surface area (Å²) in [5.74, 6) is 0.737. The van der Waals surface area contributed by atoms with Gasteiger partial charge in [-0.05, 0) is 73.3 Å². The van der Waals surface area contributed by atoms with Crippen LogP contribution in [0.4, 0.5) is 4.39 Å². The molecule has 0 amide bonds. The third kappa shape index (κ3) is 7.74. The van der Waals surface area contributed by atoms with Gasteiger partial charge in [0.2, 0.25) is 5.71 Å². The molecule has 0 unspecified atom stereocenters. The van der Waals surface area contributed by atoms with Crippen LogP contribution in [-0.4, -0.2) is 27.6 Å². The third-order valence-corrected chi connectivity index (χ3v) is 11.5. The first-order chi connectivity index (χ1) is 26.5. The zero-order chi connectivity index (χ0) is 40.1. The van der Waals surface area contributed by atoms with E-state index in [2.05, 4.69) is 111 Å². The van der Waals surface area contributed by atoms with Gasteiger partial charge in [-0.2, -0.15) is 0 Å². The maximum Gasteiger partial charge on any atom is 0.215 e. The van der Waals surface area contributed by atoms with E-state index in [1.165, 1.54) is 33.5 Å². The molecule has 0 aliphatic heterocycles. The van der Waals surface area contributed by atoms with Crippen molar-refractivity contribution in [2.75, 3.05) is 0 Å². The number of halogens is 1. The van der Waals surface area contributed by atoms with Crippen LogP contribution < -0.4 is 5.19 Å². The summed E-state index contributed by atoms with van der Waals surface area (Å²) < 4.78 is 44.9. The van der Waals surface area contributed by atoms with Crippen molar-refractivity contribution in [1.29, 1.82) is 0 Å². The van der Waals surface area contributed by atoms with Crippen molar-refractivity contribution < 1.29 is 33.0 Å². The van der Waals surface area contributed by atoms with E-state index in [-0.39, 0.29) is 31.2 Å². The third-order valence-electron chi connectivity index (χ3n) is 9.42. The predicted molar refractivity (Wildman–Crippen MR) is 219 cm³/mol. The first-order valence-corrected chi connectivity index (χ1v) is 21.5. The van der Waals surface area contributed by atoms with Gasteiger partial charge in [-0.25, -0.2) is 4.98 Å². The number of imidazole rings is 1. The van der Waals surface area contributed by atoms with Gasteiger partial charge in [0, 0.05) is 53.5 Å². The van der Waals surface area contributed by atoms with Gasteiger partial charge < -0.3 is 14.0 Å². The van der Waals surface area contributed by atoms with Crippen LogP contribution in [-0.2, 0) is 26.5 Å². The Morgan fingerprint density at radius 3 is 2.35 bits per heavy atom. The predicted octanol–water partition coefficient (Wildman–Crippen LogP) is 11.4. The molecule has 8 rings (SSSR count). The summed E-state index contributed by atoms with van der Waals surface area (Å²) in [6, 6.07) is 31.2. The van der Waals surface area contributed by atoms with Crippen molar-refractivity contribution in [3.8, 4) is 28.3 Å². The Morgan fingerprint density at radius 1 is 0.889 bits per heavy atom. The van der Waals surface area contributed by atoms with Crippen molar-refractivity contribution in [3.05, 3.63) is 137 Å². The summed E-state index contributed by atoms with van der Waals surface area (Å²) in [6.07, 6.45) is 4.52. The molecule has 54 heavy (non-hydrogen) atoms. The Labute approximate surface area is 336 Å². The molecule has 5 nitrogen and oxygen atoms in total. The Kier molecular flexibility index (Phi) is 10.1. The number of para-hydroxylation sites is 2. The number of rotatable bonds is 6. The summed E-state index contributed by atoms with van der Waals surface area (Å²) >= 11 is 0. The monoisotopic (exact) mass is 912 g/mol. The molecule has 4 heterocycles. The number of aryl methyl sites for hydroxylation is 4. The van der Waals surface area contributed by atoms with Gasteiger partial charge in [0.05, 0.1) is 30.5 Å². The molecule has 0 atom stereocenters. The molecular weight excluding hydrogens is 864 g/mol. The molecule has 0 N–H and O–H groups in total. The smallest absolute Gasteiger partial charge is 0.215 e. The number of furan rings is 1. The van der Waals surface area contributed by atoms with Crippen LogP contribution in [0.2, 0.25) is 19.6 Å². The summed E-state index contributed by atoms with van der Waals surface area (Å²) in [5, 5.41) is 3.29. The maximum absolute atomic E-state index is 14.5. The van der Waals surface area contributed by atoms with Crippen LogP contribution in [0.25, 0.3) is 61.4 Å². The first kappa shape index (κ1) is 35.0. The first-order valence-electron chi connectivity index (χ1n) is 19.5. The van der Waals surface area contributed by atoms with Crippen LogP contribution in [0.1, 0.15) is 45.8 Å². The van der Waals surface area contributed by atoms with E-state index in [1.807, 2.05) is 42.6 Å². The molecule has 8 heteroatoms. The van der Waals surface area contributed by atoms with Crippen molar-refractivity contribution in [3.63, 3.8) is 0 Å². The second kappa shape index (κ2) is 15.5. The van der Waals surface area contributed by atoms with Crippen LogP contribution in [0.5, 0.6) is 0 Å². The van der Waals surface area contributed by atoms with Crippen LogP contribution in [0.15, 0.2) is 95.7 Å². The van der Waals surface area contributed by atoms with E-state index in [1.54, 1.807) is 6.20 Å². The molecule has 0 aliphatic rings. The Hall–Kier alpha value is -4.75. The Balaban J connectivity index is 0.000000195. The molecule has 0 fully saturated rings. The number of fused-ring (bicyclic) bond motifs is 4. The van der Waals surface area contributed by atoms with Crippen molar-refractivity contribution >= 4 is 46.4 Å². The van der Waals surface area contributed by atoms with E-state index in [4.69, 9.17) is 13.5 Å². The molecular formula is C46H45FIrN4OSi-2. The van der Waals surface area contributed by atoms with Crippen molar-refractivity contribution in [1.82, 2.24) is 19.5 Å². The van der Waals surface area contributed by atoms with E-state index in [0.717, 1.165) is 57.0 Å². The minimum atomic E-state index is -2.34. The fourth-order valence-corrected chi connectivity index (χ4v) is 8.81. The molecule has 0 bridgehead atoms. The normalized spacial score (nSPS) is 12.7. The number of benzene rings is 4. The van der Waals surface area contributed by atoms with E-state index in [0.29, 0.717) is 17.3 Å². The summed E-state index contributed by atoms with van der Waals surface area (Å²) in [6.45, 7) is 15.2. The molecule has 8 aromatic rings. The number of pyridine rings is 2. The van der Waals surface area contributed by atoms with Gasteiger partial charge in [-0.1, -0.05) is 105 Å². The van der Waals surface area contributed by atoms with Gasteiger partial charge >= 0.3 is 0 Å². The molecule has 0 aliphatic carbocycles. The Bertz CT molecular complexity index is 2730. The fraction of sp³-hybridized carbons (Fsp3) is 0.239. The number of hydrogen-bond donors (Lipinski definition) is 0. The van der Waals surface area contributed by atoms with E-state index >= 15 is 0 Å². The fourth-order valence-electron chi connectivity index (χ4n) is 7.22. The van der Waals surface area contributed by atoms with E-state index < -0.39 is 20.7 Å². The maximum atomic E-state index is 14.5. The SMILES string of the molecule is Cc1cc(C)c(-n2c(-c3[c-]cc4c(c3)oc3ncccc34)nc3ccccc32)c(C)c1.[2H]C([2H])([2H])c1c[c-]c(-c2cc(CC(C)C)c([Si](C)(C)C)cn2)c(F)c1.[Ir]. The second-order valence-electron chi connectivity index (χ2n) is 15.3. The standard InChI is InChI=1S/C27H20N3O.C19H25FNSi.Ir/c1-16-13-17(2)25(18(3)14-16)30-23-9-5-4-8-22(23)29-26(30)19-10-11-20-21-7-6-12-28-27(21)31-24(20)15-19;1-13(2)9-15-11-18(21-12-19(15)22(4,5)6)16-8-7-14(3)10-17(16)20;/h4-9,11-15H,1-3H3;7,10-13H,9H2,1-6H3;/q2*-1;/i;3D3;. The average Bonchev–Trinajstić information content (AvgIpc) is 3.69. The molecule has 0 saturated carbocycles. The molecule has 1 radical (unpaired) electrons. The molecule has 4 aromatic carbocycles. The molecule has 4 aromatic heterocycles. The minimum Gasteiger partial charge on any atom is -0.458 e. The number of aromatic nitrogens is 4. The van der Waals surface area contributed by atoms with Gasteiger partial charge in [-0.15, -0.1) is 41.5 Å². The van der Waals surface area contributed by atoms with Gasteiger partial charge in [0.15, 0.2) is 0 Å². The molecule has 277 valence electrons. The Morgan fingerprint density at radius 2 is 1.65 bits per heavy atom. The quantitative estimate of drug-likeness (QED) is 0.123. The van der Waals surface area contributed by atoms with Gasteiger partial charge in [0.1, 0.15) is 0 Å². The van der Waals surface area contributed by atoms with Crippen molar-refractivity contribution in [2.24, 2.45) is 5.92 Å². The topological polar surface area (TPSA) is 56.7 Å². The van der Waals surface area contributed by atoms with Crippen LogP contribution >= 0.6 is 0 Å². The average molecular weight is 912 g/mol.